The second kappa shape index (κ2) is 5.50. The molecule has 1 aliphatic rings. The summed E-state index contributed by atoms with van der Waals surface area (Å²) in [6.45, 7) is 3.06. The Morgan fingerprint density at radius 3 is 2.83 bits per heavy atom. The third-order valence-electron chi connectivity index (χ3n) is 3.60. The van der Waals surface area contributed by atoms with Crippen LogP contribution in [0.25, 0.3) is 0 Å². The highest BCUT2D eigenvalue weighted by molar-refractivity contribution is 5.95. The van der Waals surface area contributed by atoms with Crippen LogP contribution in [0.5, 0.6) is 0 Å². The van der Waals surface area contributed by atoms with E-state index in [2.05, 4.69) is 0 Å². The number of nitrogens with zero attached hydrogens (tertiary/aromatic N) is 1. The topological polar surface area (TPSA) is 55.6 Å². The summed E-state index contributed by atoms with van der Waals surface area (Å²) in [5.41, 5.74) is 7.59. The normalized spacial score (nSPS) is 23.1. The Labute approximate surface area is 108 Å². The molecule has 1 fully saturated rings. The van der Waals surface area contributed by atoms with Crippen molar-refractivity contribution in [2.45, 2.75) is 26.0 Å². The first-order valence-corrected chi connectivity index (χ1v) is 6.32. The number of hydrogen-bond donors (Lipinski definition) is 1. The van der Waals surface area contributed by atoms with Gasteiger partial charge in [0.1, 0.15) is 0 Å². The van der Waals surface area contributed by atoms with Crippen molar-refractivity contribution in [3.63, 3.8) is 0 Å². The van der Waals surface area contributed by atoms with Gasteiger partial charge >= 0.3 is 0 Å². The minimum Gasteiger partial charge on any atom is -0.378 e. The van der Waals surface area contributed by atoms with Crippen LogP contribution in [0.1, 0.15) is 18.9 Å². The summed E-state index contributed by atoms with van der Waals surface area (Å²) in [6.07, 6.45) is 0.805. The first-order valence-electron chi connectivity index (χ1n) is 6.32. The fraction of sp³-hybridized carbons (Fsp3) is 0.500. The van der Waals surface area contributed by atoms with Crippen molar-refractivity contribution < 1.29 is 9.53 Å². The molecule has 0 radical (unpaired) electrons. The van der Waals surface area contributed by atoms with E-state index in [4.69, 9.17) is 10.5 Å². The lowest BCUT2D eigenvalue weighted by Gasteiger charge is -2.24. The zero-order chi connectivity index (χ0) is 13.1. The first-order chi connectivity index (χ1) is 8.65. The highest BCUT2D eigenvalue weighted by Crippen LogP contribution is 2.26. The van der Waals surface area contributed by atoms with E-state index in [-0.39, 0.29) is 17.9 Å². The Hall–Kier alpha value is -1.39. The SMILES string of the molecule is CC1OCCC1C(=O)N(C)c1ccccc1CN. The molecule has 1 saturated heterocycles. The van der Waals surface area contributed by atoms with E-state index < -0.39 is 0 Å². The minimum atomic E-state index is -0.0409. The maximum absolute atomic E-state index is 12.4. The van der Waals surface area contributed by atoms with Gasteiger partial charge in [0.2, 0.25) is 5.91 Å². The van der Waals surface area contributed by atoms with Crippen LogP contribution in [0, 0.1) is 5.92 Å². The predicted octanol–water partition coefficient (Wildman–Crippen LogP) is 1.53. The zero-order valence-electron chi connectivity index (χ0n) is 10.9. The van der Waals surface area contributed by atoms with E-state index in [1.807, 2.05) is 38.2 Å². The van der Waals surface area contributed by atoms with E-state index in [0.717, 1.165) is 17.7 Å². The Morgan fingerprint density at radius 2 is 2.22 bits per heavy atom. The standard InChI is InChI=1S/C14H20N2O2/c1-10-12(7-8-18-10)14(17)16(2)13-6-4-3-5-11(13)9-15/h3-6,10,12H,7-9,15H2,1-2H3. The van der Waals surface area contributed by atoms with Crippen molar-refractivity contribution in [3.05, 3.63) is 29.8 Å². The minimum absolute atomic E-state index is 0.00462. The summed E-state index contributed by atoms with van der Waals surface area (Å²) in [6, 6.07) is 7.74. The summed E-state index contributed by atoms with van der Waals surface area (Å²) in [5, 5.41) is 0. The van der Waals surface area contributed by atoms with Gasteiger partial charge < -0.3 is 15.4 Å². The van der Waals surface area contributed by atoms with Crippen LogP contribution in [0.4, 0.5) is 5.69 Å². The largest absolute Gasteiger partial charge is 0.378 e. The Morgan fingerprint density at radius 1 is 1.50 bits per heavy atom. The maximum Gasteiger partial charge on any atom is 0.232 e. The average Bonchev–Trinajstić information content (AvgIpc) is 2.83. The quantitative estimate of drug-likeness (QED) is 0.882. The molecule has 0 aromatic heterocycles. The van der Waals surface area contributed by atoms with Gasteiger partial charge in [-0.25, -0.2) is 0 Å². The molecule has 1 amide bonds. The van der Waals surface area contributed by atoms with Crippen molar-refractivity contribution in [2.24, 2.45) is 11.7 Å². The summed E-state index contributed by atoms with van der Waals surface area (Å²) >= 11 is 0. The first kappa shape index (κ1) is 13.1. The molecule has 4 nitrogen and oxygen atoms in total. The fourth-order valence-electron chi connectivity index (χ4n) is 2.43. The molecule has 2 atom stereocenters. The van der Waals surface area contributed by atoms with Crippen LogP contribution in [0.3, 0.4) is 0 Å². The lowest BCUT2D eigenvalue weighted by atomic mass is 10.0. The maximum atomic E-state index is 12.4. The lowest BCUT2D eigenvalue weighted by Crippen LogP contribution is -2.36. The number of hydrogen-bond acceptors (Lipinski definition) is 3. The van der Waals surface area contributed by atoms with Crippen molar-refractivity contribution in [1.29, 1.82) is 0 Å². The highest BCUT2D eigenvalue weighted by atomic mass is 16.5. The molecule has 2 rings (SSSR count). The van der Waals surface area contributed by atoms with Gasteiger partial charge in [-0.05, 0) is 25.0 Å². The van der Waals surface area contributed by atoms with Crippen LogP contribution in [-0.2, 0) is 16.1 Å². The molecule has 2 unspecified atom stereocenters. The van der Waals surface area contributed by atoms with Gasteiger partial charge in [0.05, 0.1) is 12.0 Å². The van der Waals surface area contributed by atoms with Crippen LogP contribution in [0.15, 0.2) is 24.3 Å². The molecule has 2 N–H and O–H groups in total. The van der Waals surface area contributed by atoms with Crippen molar-refractivity contribution in [3.8, 4) is 0 Å². The van der Waals surface area contributed by atoms with Gasteiger partial charge in [-0.3, -0.25) is 4.79 Å². The molecule has 1 aliphatic heterocycles. The van der Waals surface area contributed by atoms with Crippen molar-refractivity contribution in [2.75, 3.05) is 18.6 Å². The van der Waals surface area contributed by atoms with Gasteiger partial charge in [0.15, 0.2) is 0 Å². The summed E-state index contributed by atoms with van der Waals surface area (Å²) in [7, 11) is 1.81. The molecule has 0 spiro atoms. The number of benzene rings is 1. The molecule has 0 bridgehead atoms. The van der Waals surface area contributed by atoms with E-state index in [1.54, 1.807) is 4.90 Å². The van der Waals surface area contributed by atoms with Gasteiger partial charge in [-0.2, -0.15) is 0 Å². The van der Waals surface area contributed by atoms with Gasteiger partial charge in [-0.15, -0.1) is 0 Å². The molecular weight excluding hydrogens is 228 g/mol. The smallest absolute Gasteiger partial charge is 0.232 e. The Kier molecular flexibility index (Phi) is 3.99. The highest BCUT2D eigenvalue weighted by Gasteiger charge is 2.33. The number of amides is 1. The molecule has 18 heavy (non-hydrogen) atoms. The number of ether oxygens (including phenoxy) is 1. The molecule has 0 saturated carbocycles. The van der Waals surface area contributed by atoms with Crippen LogP contribution < -0.4 is 10.6 Å². The summed E-state index contributed by atoms with van der Waals surface area (Å²) < 4.78 is 5.46. The van der Waals surface area contributed by atoms with E-state index in [9.17, 15) is 4.79 Å². The fourth-order valence-corrected chi connectivity index (χ4v) is 2.43. The van der Waals surface area contributed by atoms with Gasteiger partial charge in [-0.1, -0.05) is 18.2 Å². The summed E-state index contributed by atoms with van der Waals surface area (Å²) in [4.78, 5) is 14.1. The van der Waals surface area contributed by atoms with E-state index >= 15 is 0 Å². The van der Waals surface area contributed by atoms with Crippen molar-refractivity contribution >= 4 is 11.6 Å². The van der Waals surface area contributed by atoms with Gasteiger partial charge in [0, 0.05) is 25.9 Å². The third kappa shape index (κ3) is 2.40. The number of anilines is 1. The van der Waals surface area contributed by atoms with Gasteiger partial charge in [0.25, 0.3) is 0 Å². The second-order valence-corrected chi connectivity index (χ2v) is 4.70. The third-order valence-corrected chi connectivity index (χ3v) is 3.60. The molecule has 0 aliphatic carbocycles. The molecule has 1 heterocycles. The van der Waals surface area contributed by atoms with Crippen molar-refractivity contribution in [1.82, 2.24) is 0 Å². The van der Waals surface area contributed by atoms with Crippen LogP contribution in [-0.4, -0.2) is 25.7 Å². The van der Waals surface area contributed by atoms with E-state index in [0.29, 0.717) is 13.2 Å². The molecular formula is C14H20N2O2. The molecule has 4 heteroatoms. The van der Waals surface area contributed by atoms with Crippen LogP contribution >= 0.6 is 0 Å². The molecule has 1 aromatic carbocycles. The number of carbonyl (C=O) groups is 1. The lowest BCUT2D eigenvalue weighted by molar-refractivity contribution is -0.123. The number of rotatable bonds is 3. The predicted molar refractivity (Wildman–Crippen MR) is 71.3 cm³/mol. The molecule has 1 aromatic rings. The molecule has 98 valence electrons. The number of carbonyl (C=O) groups excluding carboxylic acids is 1. The average molecular weight is 248 g/mol. The number of para-hydroxylation sites is 1. The Bertz CT molecular complexity index is 434. The summed E-state index contributed by atoms with van der Waals surface area (Å²) in [5.74, 6) is 0.0710. The van der Waals surface area contributed by atoms with E-state index in [1.165, 1.54) is 0 Å². The Balaban J connectivity index is 2.20. The second-order valence-electron chi connectivity index (χ2n) is 4.70. The monoisotopic (exact) mass is 248 g/mol. The number of nitrogens with two attached hydrogens (primary N) is 1. The zero-order valence-corrected chi connectivity index (χ0v) is 10.9. The van der Waals surface area contributed by atoms with Crippen LogP contribution in [0.2, 0.25) is 0 Å².